The number of hydrogen-bond donors (Lipinski definition) is 1. The van der Waals surface area contributed by atoms with Crippen LogP contribution in [0.15, 0.2) is 46.9 Å². The molecule has 1 saturated carbocycles. The lowest BCUT2D eigenvalue weighted by Crippen LogP contribution is -2.18. The van der Waals surface area contributed by atoms with E-state index in [0.717, 1.165) is 11.5 Å². The average molecular weight is 348 g/mol. The van der Waals surface area contributed by atoms with E-state index < -0.39 is 0 Å². The molecule has 2 aromatic carbocycles. The molecule has 0 heterocycles. The van der Waals surface area contributed by atoms with E-state index >= 15 is 0 Å². The van der Waals surface area contributed by atoms with E-state index in [1.54, 1.807) is 0 Å². The van der Waals surface area contributed by atoms with Gasteiger partial charge in [-0.15, -0.1) is 0 Å². The summed E-state index contributed by atoms with van der Waals surface area (Å²) in [6, 6.07) is 14.1. The Balaban J connectivity index is 1.93. The molecule has 3 heteroatoms. The molecular formula is C18H19BrFN. The van der Waals surface area contributed by atoms with Crippen molar-refractivity contribution >= 4 is 15.9 Å². The third-order valence-corrected chi connectivity index (χ3v) is 4.99. The van der Waals surface area contributed by atoms with Gasteiger partial charge in [0, 0.05) is 0 Å². The van der Waals surface area contributed by atoms with Crippen LogP contribution in [0, 0.1) is 5.82 Å². The predicted octanol–water partition coefficient (Wildman–Crippen LogP) is 5.16. The van der Waals surface area contributed by atoms with Crippen LogP contribution < -0.4 is 5.32 Å². The Labute approximate surface area is 133 Å². The second-order valence-corrected chi connectivity index (χ2v) is 6.55. The molecule has 1 aliphatic carbocycles. The van der Waals surface area contributed by atoms with Crippen LogP contribution in [-0.4, -0.2) is 7.05 Å². The molecule has 2 aromatic rings. The lowest BCUT2D eigenvalue weighted by atomic mass is 9.79. The van der Waals surface area contributed by atoms with Crippen molar-refractivity contribution in [2.24, 2.45) is 0 Å². The molecule has 1 aliphatic rings. The number of nitrogens with one attached hydrogen (secondary N) is 1. The summed E-state index contributed by atoms with van der Waals surface area (Å²) < 4.78 is 13.9. The molecule has 1 fully saturated rings. The number of hydrogen-bond acceptors (Lipinski definition) is 1. The highest BCUT2D eigenvalue weighted by molar-refractivity contribution is 9.10. The van der Waals surface area contributed by atoms with E-state index in [0.29, 0.717) is 4.47 Å². The quantitative estimate of drug-likeness (QED) is 0.804. The molecule has 0 bridgehead atoms. The topological polar surface area (TPSA) is 12.0 Å². The normalized spacial score (nSPS) is 16.5. The first-order valence-electron chi connectivity index (χ1n) is 7.41. The Morgan fingerprint density at radius 3 is 2.52 bits per heavy atom. The van der Waals surface area contributed by atoms with Gasteiger partial charge in [0.25, 0.3) is 0 Å². The molecule has 1 unspecified atom stereocenters. The lowest BCUT2D eigenvalue weighted by molar-refractivity contribution is 0.419. The third kappa shape index (κ3) is 3.04. The van der Waals surface area contributed by atoms with Crippen molar-refractivity contribution in [3.63, 3.8) is 0 Å². The van der Waals surface area contributed by atoms with Crippen molar-refractivity contribution < 1.29 is 4.39 Å². The van der Waals surface area contributed by atoms with Gasteiger partial charge in [-0.3, -0.25) is 0 Å². The average Bonchev–Trinajstić information content (AvgIpc) is 2.42. The van der Waals surface area contributed by atoms with Gasteiger partial charge in [0.05, 0.1) is 10.5 Å². The third-order valence-electron chi connectivity index (χ3n) is 4.39. The fourth-order valence-corrected chi connectivity index (χ4v) is 3.35. The zero-order valence-electron chi connectivity index (χ0n) is 12.1. The van der Waals surface area contributed by atoms with Crippen LogP contribution in [0.3, 0.4) is 0 Å². The van der Waals surface area contributed by atoms with Crippen LogP contribution in [-0.2, 0) is 0 Å². The second-order valence-electron chi connectivity index (χ2n) is 5.69. The summed E-state index contributed by atoms with van der Waals surface area (Å²) in [5.41, 5.74) is 3.73. The minimum Gasteiger partial charge on any atom is -0.309 e. The summed E-state index contributed by atoms with van der Waals surface area (Å²) >= 11 is 3.27. The molecular weight excluding hydrogens is 329 g/mol. The highest BCUT2D eigenvalue weighted by Crippen LogP contribution is 2.37. The highest BCUT2D eigenvalue weighted by atomic mass is 79.9. The largest absolute Gasteiger partial charge is 0.309 e. The van der Waals surface area contributed by atoms with Gasteiger partial charge >= 0.3 is 0 Å². The molecule has 3 rings (SSSR count). The Morgan fingerprint density at radius 2 is 1.90 bits per heavy atom. The predicted molar refractivity (Wildman–Crippen MR) is 88.0 cm³/mol. The van der Waals surface area contributed by atoms with Gasteiger partial charge in [0.1, 0.15) is 5.82 Å². The van der Waals surface area contributed by atoms with E-state index in [1.165, 1.54) is 36.5 Å². The molecule has 21 heavy (non-hydrogen) atoms. The summed E-state index contributed by atoms with van der Waals surface area (Å²) in [5, 5.41) is 3.34. The minimum absolute atomic E-state index is 0.0851. The maximum Gasteiger partial charge on any atom is 0.137 e. The SMILES string of the molecule is CNC(c1cccc(C2CCC2)c1)c1ccc(F)c(Br)c1. The standard InChI is InChI=1S/C18H19BrFN/c1-21-18(15-8-9-17(20)16(19)11-15)14-7-3-6-13(10-14)12-4-2-5-12/h3,6-12,18,21H,2,4-5H2,1H3. The Kier molecular flexibility index (Phi) is 4.41. The van der Waals surface area contributed by atoms with E-state index in [1.807, 2.05) is 19.2 Å². The first-order chi connectivity index (χ1) is 10.2. The Bertz CT molecular complexity index is 637. The Hall–Kier alpha value is -1.19. The lowest BCUT2D eigenvalue weighted by Gasteiger charge is -2.27. The summed E-state index contributed by atoms with van der Waals surface area (Å²) in [6.45, 7) is 0. The van der Waals surface area contributed by atoms with Gasteiger partial charge in [-0.25, -0.2) is 4.39 Å². The van der Waals surface area contributed by atoms with Crippen LogP contribution in [0.1, 0.15) is 47.9 Å². The molecule has 0 aromatic heterocycles. The number of halogens is 2. The van der Waals surface area contributed by atoms with Gasteiger partial charge in [-0.2, -0.15) is 0 Å². The van der Waals surface area contributed by atoms with Crippen molar-refractivity contribution in [2.75, 3.05) is 7.05 Å². The van der Waals surface area contributed by atoms with Gasteiger partial charge < -0.3 is 5.32 Å². The van der Waals surface area contributed by atoms with Crippen molar-refractivity contribution in [2.45, 2.75) is 31.2 Å². The van der Waals surface area contributed by atoms with Crippen molar-refractivity contribution in [1.29, 1.82) is 0 Å². The monoisotopic (exact) mass is 347 g/mol. The second kappa shape index (κ2) is 6.29. The van der Waals surface area contributed by atoms with Crippen LogP contribution in [0.25, 0.3) is 0 Å². The fraction of sp³-hybridized carbons (Fsp3) is 0.333. The van der Waals surface area contributed by atoms with E-state index in [2.05, 4.69) is 45.5 Å². The molecule has 110 valence electrons. The van der Waals surface area contributed by atoms with Crippen LogP contribution >= 0.6 is 15.9 Å². The van der Waals surface area contributed by atoms with Crippen molar-refractivity contribution in [3.8, 4) is 0 Å². The Morgan fingerprint density at radius 1 is 1.14 bits per heavy atom. The summed E-state index contributed by atoms with van der Waals surface area (Å²) in [4.78, 5) is 0. The van der Waals surface area contributed by atoms with Gasteiger partial charge in [-0.05, 0) is 70.6 Å². The summed E-state index contributed by atoms with van der Waals surface area (Å²) in [7, 11) is 1.94. The molecule has 0 radical (unpaired) electrons. The zero-order valence-corrected chi connectivity index (χ0v) is 13.7. The van der Waals surface area contributed by atoms with Crippen LogP contribution in [0.5, 0.6) is 0 Å². The molecule has 0 aliphatic heterocycles. The maximum absolute atomic E-state index is 13.4. The van der Waals surface area contributed by atoms with Crippen LogP contribution in [0.2, 0.25) is 0 Å². The molecule has 1 atom stereocenters. The van der Waals surface area contributed by atoms with Crippen molar-refractivity contribution in [1.82, 2.24) is 5.32 Å². The molecule has 0 saturated heterocycles. The van der Waals surface area contributed by atoms with E-state index in [9.17, 15) is 4.39 Å². The van der Waals surface area contributed by atoms with E-state index in [4.69, 9.17) is 0 Å². The van der Waals surface area contributed by atoms with Gasteiger partial charge in [0.2, 0.25) is 0 Å². The molecule has 0 spiro atoms. The molecule has 1 N–H and O–H groups in total. The zero-order chi connectivity index (χ0) is 14.8. The fourth-order valence-electron chi connectivity index (χ4n) is 2.95. The number of benzene rings is 2. The van der Waals surface area contributed by atoms with Gasteiger partial charge in [-0.1, -0.05) is 36.8 Å². The maximum atomic E-state index is 13.4. The van der Waals surface area contributed by atoms with E-state index in [-0.39, 0.29) is 11.9 Å². The van der Waals surface area contributed by atoms with Crippen molar-refractivity contribution in [3.05, 3.63) is 69.4 Å². The highest BCUT2D eigenvalue weighted by Gasteiger charge is 2.21. The smallest absolute Gasteiger partial charge is 0.137 e. The first kappa shape index (κ1) is 14.7. The minimum atomic E-state index is -0.225. The number of rotatable bonds is 4. The summed E-state index contributed by atoms with van der Waals surface area (Å²) in [6.07, 6.45) is 3.95. The molecule has 0 amide bonds. The first-order valence-corrected chi connectivity index (χ1v) is 8.20. The summed E-state index contributed by atoms with van der Waals surface area (Å²) in [5.74, 6) is 0.499. The molecule has 1 nitrogen and oxygen atoms in total. The van der Waals surface area contributed by atoms with Gasteiger partial charge in [0.15, 0.2) is 0 Å². The van der Waals surface area contributed by atoms with Crippen LogP contribution in [0.4, 0.5) is 4.39 Å².